The van der Waals surface area contributed by atoms with E-state index in [2.05, 4.69) is 4.72 Å². The van der Waals surface area contributed by atoms with Crippen LogP contribution < -0.4 is 4.72 Å². The summed E-state index contributed by atoms with van der Waals surface area (Å²) in [5, 5.41) is -0.115. The van der Waals surface area contributed by atoms with E-state index in [1.807, 2.05) is 19.0 Å². The Bertz CT molecular complexity index is 532. The Morgan fingerprint density at radius 1 is 1.39 bits per heavy atom. The zero-order valence-corrected chi connectivity index (χ0v) is 12.1. The molecule has 102 valence electrons. The van der Waals surface area contributed by atoms with E-state index in [1.54, 1.807) is 0 Å². The second-order valence-electron chi connectivity index (χ2n) is 4.23. The first-order chi connectivity index (χ1) is 8.24. The molecular formula is C11H16ClFN2O2S. The Balaban J connectivity index is 2.95. The smallest absolute Gasteiger partial charge is 0.242 e. The quantitative estimate of drug-likeness (QED) is 0.898. The molecule has 0 aliphatic heterocycles. The molecule has 0 saturated heterocycles. The molecule has 0 aliphatic rings. The molecule has 0 bridgehead atoms. The van der Waals surface area contributed by atoms with E-state index in [4.69, 9.17) is 11.6 Å². The topological polar surface area (TPSA) is 49.4 Å². The van der Waals surface area contributed by atoms with Gasteiger partial charge < -0.3 is 4.90 Å². The van der Waals surface area contributed by atoms with Crippen LogP contribution in [-0.2, 0) is 10.0 Å². The fourth-order valence-corrected chi connectivity index (χ4v) is 2.94. The van der Waals surface area contributed by atoms with Gasteiger partial charge in [-0.2, -0.15) is 0 Å². The Morgan fingerprint density at radius 3 is 2.56 bits per heavy atom. The van der Waals surface area contributed by atoms with Crippen LogP contribution in [0.4, 0.5) is 4.39 Å². The molecule has 0 saturated carbocycles. The SMILES string of the molecule is Cc1cc(S(=O)(=O)NCCN(C)C)c(Cl)cc1F. The van der Waals surface area contributed by atoms with Crippen molar-refractivity contribution in [2.24, 2.45) is 0 Å². The molecule has 4 nitrogen and oxygen atoms in total. The van der Waals surface area contributed by atoms with E-state index >= 15 is 0 Å². The van der Waals surface area contributed by atoms with Crippen LogP contribution in [0.2, 0.25) is 5.02 Å². The van der Waals surface area contributed by atoms with Crippen LogP contribution in [0.25, 0.3) is 0 Å². The highest BCUT2D eigenvalue weighted by Gasteiger charge is 2.19. The monoisotopic (exact) mass is 294 g/mol. The van der Waals surface area contributed by atoms with E-state index in [0.29, 0.717) is 6.54 Å². The van der Waals surface area contributed by atoms with Crippen molar-refractivity contribution in [2.75, 3.05) is 27.2 Å². The summed E-state index contributed by atoms with van der Waals surface area (Å²) in [6, 6.07) is 2.24. The van der Waals surface area contributed by atoms with Gasteiger partial charge in [0.1, 0.15) is 10.7 Å². The zero-order chi connectivity index (χ0) is 13.9. The summed E-state index contributed by atoms with van der Waals surface area (Å²) < 4.78 is 39.5. The van der Waals surface area contributed by atoms with Gasteiger partial charge in [-0.25, -0.2) is 17.5 Å². The van der Waals surface area contributed by atoms with E-state index < -0.39 is 15.8 Å². The second kappa shape index (κ2) is 5.97. The fourth-order valence-electron chi connectivity index (χ4n) is 1.32. The van der Waals surface area contributed by atoms with Crippen molar-refractivity contribution in [3.05, 3.63) is 28.5 Å². The van der Waals surface area contributed by atoms with Gasteiger partial charge in [-0.3, -0.25) is 0 Å². The number of aryl methyl sites for hydroxylation is 1. The van der Waals surface area contributed by atoms with Crippen molar-refractivity contribution >= 4 is 21.6 Å². The zero-order valence-electron chi connectivity index (χ0n) is 10.5. The number of halogens is 2. The largest absolute Gasteiger partial charge is 0.308 e. The summed E-state index contributed by atoms with van der Waals surface area (Å²) in [5.74, 6) is -0.521. The Hall–Kier alpha value is -0.690. The molecule has 1 aromatic carbocycles. The summed E-state index contributed by atoms with van der Waals surface area (Å²) in [7, 11) is -0.0279. The highest BCUT2D eigenvalue weighted by molar-refractivity contribution is 7.89. The molecule has 7 heteroatoms. The number of likely N-dealkylation sites (N-methyl/N-ethyl adjacent to an activating group) is 1. The first-order valence-electron chi connectivity index (χ1n) is 5.34. The Labute approximate surface area is 112 Å². The van der Waals surface area contributed by atoms with Gasteiger partial charge in [0.25, 0.3) is 0 Å². The molecule has 0 aliphatic carbocycles. The van der Waals surface area contributed by atoms with E-state index in [9.17, 15) is 12.8 Å². The minimum atomic E-state index is -3.70. The Kier molecular flexibility index (Phi) is 5.10. The van der Waals surface area contributed by atoms with Crippen LogP contribution >= 0.6 is 11.6 Å². The molecule has 0 unspecified atom stereocenters. The number of benzene rings is 1. The average Bonchev–Trinajstić information content (AvgIpc) is 2.22. The average molecular weight is 295 g/mol. The normalized spacial score (nSPS) is 12.1. The number of hydrogen-bond donors (Lipinski definition) is 1. The Morgan fingerprint density at radius 2 is 2.00 bits per heavy atom. The molecular weight excluding hydrogens is 279 g/mol. The highest BCUT2D eigenvalue weighted by atomic mass is 35.5. The van der Waals surface area contributed by atoms with Crippen molar-refractivity contribution in [2.45, 2.75) is 11.8 Å². The van der Waals surface area contributed by atoms with Crippen LogP contribution in [0.1, 0.15) is 5.56 Å². The minimum absolute atomic E-state index is 0.0955. The number of nitrogens with one attached hydrogen (secondary N) is 1. The van der Waals surface area contributed by atoms with E-state index in [0.717, 1.165) is 6.07 Å². The summed E-state index contributed by atoms with van der Waals surface area (Å²) in [6.07, 6.45) is 0. The molecule has 1 N–H and O–H groups in total. The molecule has 1 aromatic rings. The summed E-state index contributed by atoms with van der Waals surface area (Å²) in [5.41, 5.74) is 0.243. The third-order valence-electron chi connectivity index (χ3n) is 2.35. The lowest BCUT2D eigenvalue weighted by Crippen LogP contribution is -2.31. The molecule has 0 fully saturated rings. The predicted octanol–water partition coefficient (Wildman–Crippen LogP) is 1.63. The van der Waals surface area contributed by atoms with Crippen molar-refractivity contribution in [1.29, 1.82) is 0 Å². The molecule has 18 heavy (non-hydrogen) atoms. The lowest BCUT2D eigenvalue weighted by molar-refractivity contribution is 0.412. The fraction of sp³-hybridized carbons (Fsp3) is 0.455. The number of nitrogens with zero attached hydrogens (tertiary/aromatic N) is 1. The second-order valence-corrected chi connectivity index (χ2v) is 6.38. The first kappa shape index (κ1) is 15.4. The van der Waals surface area contributed by atoms with Gasteiger partial charge in [-0.1, -0.05) is 11.6 Å². The van der Waals surface area contributed by atoms with Crippen LogP contribution in [-0.4, -0.2) is 40.5 Å². The predicted molar refractivity (Wildman–Crippen MR) is 69.9 cm³/mol. The molecule has 0 aromatic heterocycles. The summed E-state index contributed by atoms with van der Waals surface area (Å²) >= 11 is 5.76. The standard InChI is InChI=1S/C11H16ClFN2O2S/c1-8-6-11(9(12)7-10(8)13)18(16,17)14-4-5-15(2)3/h6-7,14H,4-5H2,1-3H3. The van der Waals surface area contributed by atoms with Crippen LogP contribution in [0.15, 0.2) is 17.0 Å². The van der Waals surface area contributed by atoms with Crippen LogP contribution in [0.3, 0.4) is 0 Å². The van der Waals surface area contributed by atoms with Gasteiger partial charge in [0, 0.05) is 13.1 Å². The van der Waals surface area contributed by atoms with Gasteiger partial charge >= 0.3 is 0 Å². The van der Waals surface area contributed by atoms with Gasteiger partial charge in [-0.05, 0) is 38.7 Å². The van der Waals surface area contributed by atoms with Gasteiger partial charge in [0.05, 0.1) is 5.02 Å². The molecule has 1 rings (SSSR count). The van der Waals surface area contributed by atoms with Crippen molar-refractivity contribution < 1.29 is 12.8 Å². The van der Waals surface area contributed by atoms with Crippen molar-refractivity contribution in [3.63, 3.8) is 0 Å². The minimum Gasteiger partial charge on any atom is -0.308 e. The van der Waals surface area contributed by atoms with Gasteiger partial charge in [-0.15, -0.1) is 0 Å². The lowest BCUT2D eigenvalue weighted by Gasteiger charge is -2.12. The van der Waals surface area contributed by atoms with Gasteiger partial charge in [0.15, 0.2) is 0 Å². The third-order valence-corrected chi connectivity index (χ3v) is 4.28. The third kappa shape index (κ3) is 3.91. The number of rotatable bonds is 5. The molecule has 0 radical (unpaired) electrons. The summed E-state index contributed by atoms with van der Waals surface area (Å²) in [6.45, 7) is 2.32. The van der Waals surface area contributed by atoms with Crippen LogP contribution in [0.5, 0.6) is 0 Å². The maximum atomic E-state index is 13.2. The number of sulfonamides is 1. The van der Waals surface area contributed by atoms with Crippen molar-refractivity contribution in [3.8, 4) is 0 Å². The maximum Gasteiger partial charge on any atom is 0.242 e. The maximum absolute atomic E-state index is 13.2. The van der Waals surface area contributed by atoms with Crippen molar-refractivity contribution in [1.82, 2.24) is 9.62 Å². The number of hydrogen-bond acceptors (Lipinski definition) is 3. The van der Waals surface area contributed by atoms with Gasteiger partial charge in [0.2, 0.25) is 10.0 Å². The highest BCUT2D eigenvalue weighted by Crippen LogP contribution is 2.24. The first-order valence-corrected chi connectivity index (χ1v) is 7.20. The van der Waals surface area contributed by atoms with E-state index in [-0.39, 0.29) is 22.0 Å². The molecule has 0 amide bonds. The molecule has 0 spiro atoms. The van der Waals surface area contributed by atoms with E-state index in [1.165, 1.54) is 13.0 Å². The summed E-state index contributed by atoms with van der Waals surface area (Å²) in [4.78, 5) is 1.75. The molecule has 0 atom stereocenters. The van der Waals surface area contributed by atoms with Crippen LogP contribution in [0, 0.1) is 12.7 Å². The lowest BCUT2D eigenvalue weighted by atomic mass is 10.2. The molecule has 0 heterocycles.